The van der Waals surface area contributed by atoms with E-state index in [2.05, 4.69) is 10.2 Å². The number of hydrogen-bond donors (Lipinski definition) is 1. The number of nitrogens with one attached hydrogen (secondary N) is 1. The molecule has 1 aliphatic rings. The summed E-state index contributed by atoms with van der Waals surface area (Å²) in [5.74, 6) is -1.95. The molecule has 2 aromatic carbocycles. The summed E-state index contributed by atoms with van der Waals surface area (Å²) in [7, 11) is -3.17. The summed E-state index contributed by atoms with van der Waals surface area (Å²) in [6.07, 6.45) is 0. The van der Waals surface area contributed by atoms with Crippen LogP contribution in [0.3, 0.4) is 0 Å². The van der Waals surface area contributed by atoms with Gasteiger partial charge < -0.3 is 5.32 Å². The normalized spacial score (nSPS) is 16.0. The maximum Gasteiger partial charge on any atom is 0.255 e. The van der Waals surface area contributed by atoms with Crippen molar-refractivity contribution < 1.29 is 22.0 Å². The SMILES string of the molecule is CCS(=O)(=O)N1CCN(Cc2cccc(C(=O)Nc3ccc(F)cc3F)c2)CC1. The van der Waals surface area contributed by atoms with Crippen molar-refractivity contribution in [2.45, 2.75) is 13.5 Å². The number of hydrogen-bond acceptors (Lipinski definition) is 4. The van der Waals surface area contributed by atoms with Crippen molar-refractivity contribution in [2.75, 3.05) is 37.2 Å². The summed E-state index contributed by atoms with van der Waals surface area (Å²) in [6, 6.07) is 9.92. The van der Waals surface area contributed by atoms with E-state index in [1.54, 1.807) is 25.1 Å². The number of benzene rings is 2. The molecule has 156 valence electrons. The van der Waals surface area contributed by atoms with E-state index in [1.807, 2.05) is 6.07 Å². The summed E-state index contributed by atoms with van der Waals surface area (Å²) in [5, 5.41) is 2.45. The van der Waals surface area contributed by atoms with Crippen molar-refractivity contribution >= 4 is 21.6 Å². The lowest BCUT2D eigenvalue weighted by Crippen LogP contribution is -2.48. The topological polar surface area (TPSA) is 69.7 Å². The first kappa shape index (κ1) is 21.4. The molecule has 0 unspecified atom stereocenters. The number of nitrogens with zero attached hydrogens (tertiary/aromatic N) is 2. The summed E-state index contributed by atoms with van der Waals surface area (Å²) >= 11 is 0. The molecule has 2 aromatic rings. The van der Waals surface area contributed by atoms with Gasteiger partial charge in [0.05, 0.1) is 11.4 Å². The summed E-state index contributed by atoms with van der Waals surface area (Å²) in [5.41, 5.74) is 1.16. The van der Waals surface area contributed by atoms with Gasteiger partial charge in [-0.2, -0.15) is 4.31 Å². The highest BCUT2D eigenvalue weighted by molar-refractivity contribution is 7.89. The van der Waals surface area contributed by atoms with E-state index in [9.17, 15) is 22.0 Å². The molecule has 3 rings (SSSR count). The van der Waals surface area contributed by atoms with Crippen LogP contribution in [0, 0.1) is 11.6 Å². The van der Waals surface area contributed by atoms with Gasteiger partial charge in [-0.15, -0.1) is 0 Å². The van der Waals surface area contributed by atoms with Gasteiger partial charge in [0.25, 0.3) is 5.91 Å². The Hall–Kier alpha value is -2.36. The van der Waals surface area contributed by atoms with Crippen LogP contribution in [0.1, 0.15) is 22.8 Å². The molecule has 0 atom stereocenters. The van der Waals surface area contributed by atoms with E-state index in [4.69, 9.17) is 0 Å². The van der Waals surface area contributed by atoms with Gasteiger partial charge in [-0.3, -0.25) is 9.69 Å². The standard InChI is InChI=1S/C20H23F2N3O3S/c1-2-29(27,28)25-10-8-24(9-11-25)14-15-4-3-5-16(12-15)20(26)23-19-7-6-17(21)13-18(19)22/h3-7,12-13H,2,8-11,14H2,1H3,(H,23,26). The Kier molecular flexibility index (Phi) is 6.61. The van der Waals surface area contributed by atoms with Gasteiger partial charge in [0.1, 0.15) is 11.6 Å². The molecule has 0 saturated carbocycles. The highest BCUT2D eigenvalue weighted by Crippen LogP contribution is 2.17. The molecule has 0 radical (unpaired) electrons. The average molecular weight is 423 g/mol. The molecule has 29 heavy (non-hydrogen) atoms. The van der Waals surface area contributed by atoms with Gasteiger partial charge >= 0.3 is 0 Å². The first-order valence-electron chi connectivity index (χ1n) is 9.34. The van der Waals surface area contributed by atoms with Crippen molar-refractivity contribution in [1.29, 1.82) is 0 Å². The lowest BCUT2D eigenvalue weighted by molar-refractivity contribution is 0.102. The molecular weight excluding hydrogens is 400 g/mol. The summed E-state index contributed by atoms with van der Waals surface area (Å²) in [6.45, 7) is 4.31. The molecule has 9 heteroatoms. The lowest BCUT2D eigenvalue weighted by atomic mass is 10.1. The first-order valence-corrected chi connectivity index (χ1v) is 10.9. The average Bonchev–Trinajstić information content (AvgIpc) is 2.70. The van der Waals surface area contributed by atoms with Crippen LogP contribution >= 0.6 is 0 Å². The number of sulfonamides is 1. The van der Waals surface area contributed by atoms with Crippen molar-refractivity contribution in [3.05, 3.63) is 65.2 Å². The van der Waals surface area contributed by atoms with Gasteiger partial charge in [0.2, 0.25) is 10.0 Å². The van der Waals surface area contributed by atoms with E-state index in [-0.39, 0.29) is 11.4 Å². The van der Waals surface area contributed by atoms with Crippen molar-refractivity contribution in [1.82, 2.24) is 9.21 Å². The van der Waals surface area contributed by atoms with Crippen LogP contribution < -0.4 is 5.32 Å². The van der Waals surface area contributed by atoms with Gasteiger partial charge in [-0.25, -0.2) is 17.2 Å². The number of piperazine rings is 1. The number of carbonyl (C=O) groups excluding carboxylic acids is 1. The van der Waals surface area contributed by atoms with Crippen LogP contribution in [0.2, 0.25) is 0 Å². The third-order valence-electron chi connectivity index (χ3n) is 4.86. The van der Waals surface area contributed by atoms with Crippen LogP contribution in [0.4, 0.5) is 14.5 Å². The maximum atomic E-state index is 13.7. The second-order valence-electron chi connectivity index (χ2n) is 6.85. The summed E-state index contributed by atoms with van der Waals surface area (Å²) in [4.78, 5) is 14.5. The smallest absolute Gasteiger partial charge is 0.255 e. The second-order valence-corrected chi connectivity index (χ2v) is 9.11. The number of anilines is 1. The lowest BCUT2D eigenvalue weighted by Gasteiger charge is -2.33. The molecule has 1 saturated heterocycles. The third kappa shape index (κ3) is 5.37. The number of carbonyl (C=O) groups is 1. The molecule has 1 N–H and O–H groups in total. The maximum absolute atomic E-state index is 13.7. The molecule has 1 amide bonds. The fourth-order valence-corrected chi connectivity index (χ4v) is 4.29. The molecule has 1 fully saturated rings. The Balaban J connectivity index is 1.62. The number of rotatable bonds is 6. The molecule has 0 bridgehead atoms. The Bertz CT molecular complexity index is 990. The molecule has 1 heterocycles. The fourth-order valence-electron chi connectivity index (χ4n) is 3.20. The van der Waals surface area contributed by atoms with Crippen LogP contribution in [-0.2, 0) is 16.6 Å². The van der Waals surface area contributed by atoms with E-state index < -0.39 is 27.6 Å². The largest absolute Gasteiger partial charge is 0.319 e. The Morgan fingerprint density at radius 1 is 1.07 bits per heavy atom. The minimum Gasteiger partial charge on any atom is -0.319 e. The Morgan fingerprint density at radius 2 is 1.79 bits per heavy atom. The van der Waals surface area contributed by atoms with Crippen molar-refractivity contribution in [3.63, 3.8) is 0 Å². The van der Waals surface area contributed by atoms with Gasteiger partial charge in [-0.05, 0) is 36.8 Å². The second kappa shape index (κ2) is 8.98. The number of halogens is 2. The summed E-state index contributed by atoms with van der Waals surface area (Å²) < 4.78 is 52.1. The number of amides is 1. The zero-order valence-corrected chi connectivity index (χ0v) is 16.9. The van der Waals surface area contributed by atoms with Gasteiger partial charge in [-0.1, -0.05) is 12.1 Å². The quantitative estimate of drug-likeness (QED) is 0.776. The van der Waals surface area contributed by atoms with E-state index >= 15 is 0 Å². The van der Waals surface area contributed by atoms with E-state index in [1.165, 1.54) is 10.4 Å². The monoisotopic (exact) mass is 423 g/mol. The van der Waals surface area contributed by atoms with Crippen LogP contribution in [0.5, 0.6) is 0 Å². The molecule has 1 aliphatic heterocycles. The van der Waals surface area contributed by atoms with Crippen molar-refractivity contribution in [3.8, 4) is 0 Å². The fraction of sp³-hybridized carbons (Fsp3) is 0.350. The zero-order chi connectivity index (χ0) is 21.0. The minimum absolute atomic E-state index is 0.0879. The zero-order valence-electron chi connectivity index (χ0n) is 16.1. The third-order valence-corrected chi connectivity index (χ3v) is 6.75. The van der Waals surface area contributed by atoms with Gasteiger partial charge in [0, 0.05) is 44.4 Å². The highest BCUT2D eigenvalue weighted by Gasteiger charge is 2.25. The predicted octanol–water partition coefficient (Wildman–Crippen LogP) is 2.68. The molecular formula is C20H23F2N3O3S. The first-order chi connectivity index (χ1) is 13.8. The Morgan fingerprint density at radius 3 is 2.45 bits per heavy atom. The van der Waals surface area contributed by atoms with Gasteiger partial charge in [0.15, 0.2) is 0 Å². The minimum atomic E-state index is -3.17. The Labute approximate surface area is 169 Å². The van der Waals surface area contributed by atoms with E-state index in [0.717, 1.165) is 11.6 Å². The van der Waals surface area contributed by atoms with Crippen LogP contribution in [0.15, 0.2) is 42.5 Å². The van der Waals surface area contributed by atoms with Crippen LogP contribution in [-0.4, -0.2) is 55.5 Å². The van der Waals surface area contributed by atoms with Crippen LogP contribution in [0.25, 0.3) is 0 Å². The van der Waals surface area contributed by atoms with Crippen molar-refractivity contribution in [2.24, 2.45) is 0 Å². The predicted molar refractivity (Wildman–Crippen MR) is 107 cm³/mol. The van der Waals surface area contributed by atoms with E-state index in [0.29, 0.717) is 44.4 Å². The molecule has 0 aromatic heterocycles. The highest BCUT2D eigenvalue weighted by atomic mass is 32.2. The molecule has 6 nitrogen and oxygen atoms in total. The molecule has 0 spiro atoms. The molecule has 0 aliphatic carbocycles.